The van der Waals surface area contributed by atoms with E-state index in [1.165, 1.54) is 6.07 Å². The van der Waals surface area contributed by atoms with Crippen molar-refractivity contribution in [2.75, 3.05) is 6.79 Å². The summed E-state index contributed by atoms with van der Waals surface area (Å²) in [6.45, 7) is 1.96. The molecule has 0 aromatic heterocycles. The highest BCUT2D eigenvalue weighted by Gasteiger charge is 2.18. The second-order valence-corrected chi connectivity index (χ2v) is 2.83. The summed E-state index contributed by atoms with van der Waals surface area (Å²) in [7, 11) is 0. The van der Waals surface area contributed by atoms with E-state index in [9.17, 15) is 4.79 Å². The summed E-state index contributed by atoms with van der Waals surface area (Å²) in [4.78, 5) is 10.7. The summed E-state index contributed by atoms with van der Waals surface area (Å²) in [5.74, 6) is 0.198. The van der Waals surface area contributed by atoms with Crippen LogP contribution in [-0.2, 0) is 0 Å². The molecule has 0 bridgehead atoms. The van der Waals surface area contributed by atoms with Crippen LogP contribution in [0.15, 0.2) is 12.1 Å². The van der Waals surface area contributed by atoms with Gasteiger partial charge >= 0.3 is 5.97 Å². The number of aryl methyl sites for hydroxylation is 1. The van der Waals surface area contributed by atoms with E-state index in [0.29, 0.717) is 11.5 Å². The lowest BCUT2D eigenvalue weighted by molar-refractivity contribution is 0.0696. The molecule has 1 aliphatic rings. The molecule has 13 heavy (non-hydrogen) atoms. The molecule has 1 aromatic rings. The first-order chi connectivity index (χ1) is 6.18. The predicted octanol–water partition coefficient (Wildman–Crippen LogP) is 1.42. The van der Waals surface area contributed by atoms with Crippen molar-refractivity contribution in [1.29, 1.82) is 0 Å². The van der Waals surface area contributed by atoms with E-state index >= 15 is 0 Å². The van der Waals surface area contributed by atoms with Crippen LogP contribution in [0.4, 0.5) is 0 Å². The monoisotopic (exact) mass is 180 g/mol. The molecule has 0 unspecified atom stereocenters. The fourth-order valence-corrected chi connectivity index (χ4v) is 1.31. The normalized spacial score (nSPS) is 13.0. The van der Waals surface area contributed by atoms with Gasteiger partial charge in [-0.3, -0.25) is 0 Å². The van der Waals surface area contributed by atoms with E-state index < -0.39 is 5.97 Å². The van der Waals surface area contributed by atoms with Crippen LogP contribution in [0.1, 0.15) is 15.9 Å². The predicted molar refractivity (Wildman–Crippen MR) is 44.3 cm³/mol. The molecule has 1 heterocycles. The van der Waals surface area contributed by atoms with Crippen LogP contribution in [0.5, 0.6) is 11.5 Å². The molecule has 0 atom stereocenters. The zero-order valence-corrected chi connectivity index (χ0v) is 7.03. The number of ether oxygens (including phenoxy) is 2. The van der Waals surface area contributed by atoms with Crippen LogP contribution in [0.2, 0.25) is 0 Å². The third kappa shape index (κ3) is 1.20. The van der Waals surface area contributed by atoms with Gasteiger partial charge in [-0.25, -0.2) is 4.79 Å². The number of carboxylic acids is 1. The molecule has 0 fully saturated rings. The molecule has 0 radical (unpaired) electrons. The Kier molecular flexibility index (Phi) is 1.62. The van der Waals surface area contributed by atoms with Crippen molar-refractivity contribution >= 4 is 5.97 Å². The van der Waals surface area contributed by atoms with Gasteiger partial charge in [-0.1, -0.05) is 0 Å². The molecule has 2 rings (SSSR count). The van der Waals surface area contributed by atoms with E-state index in [1.54, 1.807) is 13.0 Å². The van der Waals surface area contributed by atoms with Crippen LogP contribution in [0.25, 0.3) is 0 Å². The zero-order chi connectivity index (χ0) is 9.42. The Balaban J connectivity index is 2.55. The first-order valence-electron chi connectivity index (χ1n) is 3.82. The molecular weight excluding hydrogens is 172 g/mol. The average molecular weight is 180 g/mol. The number of rotatable bonds is 1. The van der Waals surface area contributed by atoms with E-state index in [1.807, 2.05) is 0 Å². The van der Waals surface area contributed by atoms with Crippen molar-refractivity contribution in [2.45, 2.75) is 6.92 Å². The molecule has 0 saturated carbocycles. The Bertz CT molecular complexity index is 370. The second-order valence-electron chi connectivity index (χ2n) is 2.83. The van der Waals surface area contributed by atoms with E-state index in [4.69, 9.17) is 14.6 Å². The highest BCUT2D eigenvalue weighted by molar-refractivity contribution is 5.89. The molecule has 68 valence electrons. The number of carbonyl (C=O) groups is 1. The van der Waals surface area contributed by atoms with E-state index in [0.717, 1.165) is 5.56 Å². The Labute approximate surface area is 74.7 Å². The number of carboxylic acid groups (broad SMARTS) is 1. The van der Waals surface area contributed by atoms with Crippen molar-refractivity contribution < 1.29 is 19.4 Å². The lowest BCUT2D eigenvalue weighted by Crippen LogP contribution is -1.96. The summed E-state index contributed by atoms with van der Waals surface area (Å²) in [5.41, 5.74) is 1.01. The van der Waals surface area contributed by atoms with Crippen LogP contribution in [0.3, 0.4) is 0 Å². The van der Waals surface area contributed by atoms with E-state index in [-0.39, 0.29) is 12.4 Å². The van der Waals surface area contributed by atoms with Crippen molar-refractivity contribution in [3.05, 3.63) is 23.3 Å². The maximum absolute atomic E-state index is 10.7. The summed E-state index contributed by atoms with van der Waals surface area (Å²) in [6, 6.07) is 3.04. The fraction of sp³-hybridized carbons (Fsp3) is 0.222. The first kappa shape index (κ1) is 7.91. The van der Waals surface area contributed by atoms with Crippen molar-refractivity contribution in [3.8, 4) is 11.5 Å². The van der Waals surface area contributed by atoms with E-state index in [2.05, 4.69) is 0 Å². The minimum absolute atomic E-state index is 0.166. The zero-order valence-electron chi connectivity index (χ0n) is 7.03. The SMILES string of the molecule is Cc1cc(C(=O)O)cc2c1OCO2. The highest BCUT2D eigenvalue weighted by Crippen LogP contribution is 2.36. The summed E-state index contributed by atoms with van der Waals surface area (Å²) in [6.07, 6.45) is 0. The number of fused-ring (bicyclic) bond motifs is 1. The van der Waals surface area contributed by atoms with Gasteiger partial charge in [0.2, 0.25) is 6.79 Å². The van der Waals surface area contributed by atoms with Crippen molar-refractivity contribution in [2.24, 2.45) is 0 Å². The highest BCUT2D eigenvalue weighted by atomic mass is 16.7. The summed E-state index contributed by atoms with van der Waals surface area (Å²) in [5, 5.41) is 8.74. The number of aromatic carboxylic acids is 1. The number of hydrogen-bond donors (Lipinski definition) is 1. The van der Waals surface area contributed by atoms with Crippen LogP contribution >= 0.6 is 0 Å². The van der Waals surface area contributed by atoms with Gasteiger partial charge in [0.05, 0.1) is 5.56 Å². The van der Waals surface area contributed by atoms with Gasteiger partial charge in [-0.15, -0.1) is 0 Å². The van der Waals surface area contributed by atoms with Gasteiger partial charge in [-0.2, -0.15) is 0 Å². The Hall–Kier alpha value is -1.71. The first-order valence-corrected chi connectivity index (χ1v) is 3.82. The van der Waals surface area contributed by atoms with Crippen LogP contribution in [-0.4, -0.2) is 17.9 Å². The number of hydrogen-bond acceptors (Lipinski definition) is 3. The fourth-order valence-electron chi connectivity index (χ4n) is 1.31. The molecule has 0 spiro atoms. The van der Waals surface area contributed by atoms with Crippen molar-refractivity contribution in [1.82, 2.24) is 0 Å². The number of benzene rings is 1. The minimum atomic E-state index is -0.957. The van der Waals surface area contributed by atoms with Gasteiger partial charge in [0.15, 0.2) is 11.5 Å². The van der Waals surface area contributed by atoms with Crippen LogP contribution < -0.4 is 9.47 Å². The van der Waals surface area contributed by atoms with Gasteiger partial charge in [0.1, 0.15) is 0 Å². The maximum Gasteiger partial charge on any atom is 0.335 e. The smallest absolute Gasteiger partial charge is 0.335 e. The molecule has 0 amide bonds. The minimum Gasteiger partial charge on any atom is -0.478 e. The maximum atomic E-state index is 10.7. The van der Waals surface area contributed by atoms with Gasteiger partial charge in [0.25, 0.3) is 0 Å². The van der Waals surface area contributed by atoms with Gasteiger partial charge in [-0.05, 0) is 24.6 Å². The van der Waals surface area contributed by atoms with Crippen LogP contribution in [0, 0.1) is 6.92 Å². The van der Waals surface area contributed by atoms with Gasteiger partial charge in [0, 0.05) is 0 Å². The van der Waals surface area contributed by atoms with Gasteiger partial charge < -0.3 is 14.6 Å². The molecule has 0 aliphatic carbocycles. The second kappa shape index (κ2) is 2.65. The Morgan fingerprint density at radius 2 is 2.23 bits per heavy atom. The van der Waals surface area contributed by atoms with Crippen molar-refractivity contribution in [3.63, 3.8) is 0 Å². The Morgan fingerprint density at radius 1 is 1.46 bits per heavy atom. The molecule has 4 nitrogen and oxygen atoms in total. The average Bonchev–Trinajstić information content (AvgIpc) is 2.51. The standard InChI is InChI=1S/C9H8O4/c1-5-2-6(9(10)11)3-7-8(5)13-4-12-7/h2-3H,4H2,1H3,(H,10,11). The molecule has 0 saturated heterocycles. The molecule has 1 aliphatic heterocycles. The summed E-state index contributed by atoms with van der Waals surface area (Å²) < 4.78 is 10.2. The molecule has 1 aromatic carbocycles. The Morgan fingerprint density at radius 3 is 2.92 bits per heavy atom. The summed E-state index contributed by atoms with van der Waals surface area (Å²) >= 11 is 0. The lowest BCUT2D eigenvalue weighted by atomic mass is 10.1. The topological polar surface area (TPSA) is 55.8 Å². The quantitative estimate of drug-likeness (QED) is 0.710. The largest absolute Gasteiger partial charge is 0.478 e. The third-order valence-corrected chi connectivity index (χ3v) is 1.91. The molecular formula is C9H8O4. The molecule has 1 N–H and O–H groups in total. The molecule has 4 heteroatoms. The third-order valence-electron chi connectivity index (χ3n) is 1.91. The lowest BCUT2D eigenvalue weighted by Gasteiger charge is -2.01.